The van der Waals surface area contributed by atoms with Crippen LogP contribution in [0.1, 0.15) is 0 Å². The summed E-state index contributed by atoms with van der Waals surface area (Å²) in [4.78, 5) is 8.37. The topological polar surface area (TPSA) is 24.7 Å². The van der Waals surface area contributed by atoms with Crippen LogP contribution in [0.3, 0.4) is 0 Å². The summed E-state index contributed by atoms with van der Waals surface area (Å²) in [6.07, 6.45) is 7.48. The number of thioether (sulfide) groups is 1. The van der Waals surface area contributed by atoms with Crippen molar-refractivity contribution < 1.29 is 0 Å². The van der Waals surface area contributed by atoms with Gasteiger partial charge in [-0.15, -0.1) is 11.8 Å². The van der Waals surface area contributed by atoms with Crippen molar-refractivity contribution in [2.24, 2.45) is 9.98 Å². The molecule has 2 nitrogen and oxygen atoms in total. The smallest absolute Gasteiger partial charge is 0.122 e. The van der Waals surface area contributed by atoms with Crippen LogP contribution >= 0.6 is 11.8 Å². The minimum absolute atomic E-state index is 1.01. The summed E-state index contributed by atoms with van der Waals surface area (Å²) in [5.74, 6) is 1.01. The van der Waals surface area contributed by atoms with Gasteiger partial charge in [-0.2, -0.15) is 0 Å². The van der Waals surface area contributed by atoms with Crippen LogP contribution in [0.15, 0.2) is 34.0 Å². The first-order chi connectivity index (χ1) is 4.97. The average molecular weight is 150 g/mol. The van der Waals surface area contributed by atoms with Crippen molar-refractivity contribution in [3.63, 3.8) is 0 Å². The summed E-state index contributed by atoms with van der Waals surface area (Å²) in [5, 5.41) is 1.05. The van der Waals surface area contributed by atoms with Crippen molar-refractivity contribution in [3.05, 3.63) is 24.0 Å². The van der Waals surface area contributed by atoms with Crippen molar-refractivity contribution in [2.75, 3.05) is 5.75 Å². The maximum atomic E-state index is 4.19. The average Bonchev–Trinajstić information content (AvgIpc) is 2.28. The van der Waals surface area contributed by atoms with Gasteiger partial charge in [0, 0.05) is 18.2 Å². The Morgan fingerprint density at radius 2 is 2.50 bits per heavy atom. The van der Waals surface area contributed by atoms with E-state index >= 15 is 0 Å². The monoisotopic (exact) mass is 150 g/mol. The molecule has 2 aliphatic rings. The Kier molecular flexibility index (Phi) is 1.43. The summed E-state index contributed by atoms with van der Waals surface area (Å²) < 4.78 is 0. The van der Waals surface area contributed by atoms with Gasteiger partial charge in [0.25, 0.3) is 0 Å². The van der Waals surface area contributed by atoms with Gasteiger partial charge in [-0.05, 0) is 12.2 Å². The Balaban J connectivity index is 2.42. The molecule has 10 heavy (non-hydrogen) atoms. The van der Waals surface area contributed by atoms with Crippen LogP contribution in [-0.2, 0) is 0 Å². The number of fused-ring (bicyclic) bond motifs is 1. The van der Waals surface area contributed by atoms with Gasteiger partial charge in [0.05, 0.1) is 5.70 Å². The molecule has 0 radical (unpaired) electrons. The maximum Gasteiger partial charge on any atom is 0.122 e. The van der Waals surface area contributed by atoms with Gasteiger partial charge in [-0.3, -0.25) is 4.99 Å². The Morgan fingerprint density at radius 1 is 1.50 bits per heavy atom. The standard InChI is InChI=1S/C7H6N2S/c1-3-8-6-2-5-10-7(6)9-4-1/h1-4H,5H2. The molecule has 2 rings (SSSR count). The van der Waals surface area contributed by atoms with E-state index in [0.29, 0.717) is 0 Å². The highest BCUT2D eigenvalue weighted by molar-refractivity contribution is 8.15. The molecule has 2 heterocycles. The molecule has 0 aromatic rings. The number of hydrogen-bond acceptors (Lipinski definition) is 3. The van der Waals surface area contributed by atoms with Crippen molar-refractivity contribution in [1.29, 1.82) is 0 Å². The second-order valence-corrected chi connectivity index (χ2v) is 2.96. The summed E-state index contributed by atoms with van der Waals surface area (Å²) in [5.41, 5.74) is 1.02. The first-order valence-electron chi connectivity index (χ1n) is 3.07. The molecule has 0 unspecified atom stereocenters. The van der Waals surface area contributed by atoms with Gasteiger partial charge in [0.15, 0.2) is 0 Å². The van der Waals surface area contributed by atoms with Crippen LogP contribution in [0.2, 0.25) is 0 Å². The number of allylic oxidation sites excluding steroid dienone is 1. The lowest BCUT2D eigenvalue weighted by Gasteiger charge is -1.90. The third kappa shape index (κ3) is 0.926. The lowest BCUT2D eigenvalue weighted by Crippen LogP contribution is -1.86. The van der Waals surface area contributed by atoms with E-state index in [1.54, 1.807) is 24.2 Å². The second kappa shape index (κ2) is 2.42. The zero-order valence-electron chi connectivity index (χ0n) is 5.32. The van der Waals surface area contributed by atoms with E-state index < -0.39 is 0 Å². The molecule has 0 saturated heterocycles. The third-order valence-electron chi connectivity index (χ3n) is 1.29. The van der Waals surface area contributed by atoms with Crippen molar-refractivity contribution in [1.82, 2.24) is 0 Å². The van der Waals surface area contributed by atoms with Gasteiger partial charge in [-0.1, -0.05) is 0 Å². The summed E-state index contributed by atoms with van der Waals surface area (Å²) in [7, 11) is 0. The van der Waals surface area contributed by atoms with Gasteiger partial charge < -0.3 is 0 Å². The van der Waals surface area contributed by atoms with Gasteiger partial charge >= 0.3 is 0 Å². The van der Waals surface area contributed by atoms with Crippen molar-refractivity contribution in [3.8, 4) is 0 Å². The van der Waals surface area contributed by atoms with Crippen LogP contribution in [0, 0.1) is 0 Å². The molecule has 0 aliphatic carbocycles. The zero-order valence-corrected chi connectivity index (χ0v) is 6.14. The van der Waals surface area contributed by atoms with E-state index in [9.17, 15) is 0 Å². The number of nitrogens with zero attached hydrogens (tertiary/aromatic N) is 2. The van der Waals surface area contributed by atoms with E-state index in [2.05, 4.69) is 16.1 Å². The Morgan fingerprint density at radius 3 is 3.50 bits per heavy atom. The fourth-order valence-electron chi connectivity index (χ4n) is 0.845. The van der Waals surface area contributed by atoms with Gasteiger partial charge in [0.2, 0.25) is 0 Å². The molecule has 50 valence electrons. The van der Waals surface area contributed by atoms with Gasteiger partial charge in [-0.25, -0.2) is 4.99 Å². The minimum Gasteiger partial charge on any atom is -0.254 e. The molecule has 2 aliphatic heterocycles. The predicted octanol–water partition coefficient (Wildman–Crippen LogP) is 1.61. The molecule has 0 amide bonds. The second-order valence-electron chi connectivity index (χ2n) is 1.95. The Bertz CT molecular complexity index is 261. The molecule has 0 fully saturated rings. The molecule has 0 aromatic carbocycles. The zero-order chi connectivity index (χ0) is 6.81. The van der Waals surface area contributed by atoms with Crippen LogP contribution < -0.4 is 0 Å². The van der Waals surface area contributed by atoms with Crippen LogP contribution in [-0.4, -0.2) is 17.0 Å². The van der Waals surface area contributed by atoms with Crippen molar-refractivity contribution in [2.45, 2.75) is 0 Å². The molecule has 0 saturated carbocycles. The highest BCUT2D eigenvalue weighted by atomic mass is 32.2. The fraction of sp³-hybridized carbons (Fsp3) is 0.143. The molecule has 0 atom stereocenters. The van der Waals surface area contributed by atoms with E-state index in [1.807, 2.05) is 6.08 Å². The maximum absolute atomic E-state index is 4.19. The summed E-state index contributed by atoms with van der Waals surface area (Å²) in [6, 6.07) is 0. The molecule has 0 bridgehead atoms. The predicted molar refractivity (Wildman–Crippen MR) is 45.6 cm³/mol. The first kappa shape index (κ1) is 5.92. The molecule has 3 heteroatoms. The Hall–Kier alpha value is -0.830. The van der Waals surface area contributed by atoms with E-state index in [-0.39, 0.29) is 0 Å². The van der Waals surface area contributed by atoms with Crippen LogP contribution in [0.5, 0.6) is 0 Å². The molecular weight excluding hydrogens is 144 g/mol. The summed E-state index contributed by atoms with van der Waals surface area (Å²) >= 11 is 1.73. The molecule has 0 aromatic heterocycles. The largest absolute Gasteiger partial charge is 0.254 e. The highest BCUT2D eigenvalue weighted by Crippen LogP contribution is 2.22. The Labute approximate surface area is 63.5 Å². The number of rotatable bonds is 0. The lowest BCUT2D eigenvalue weighted by molar-refractivity contribution is 1.48. The van der Waals surface area contributed by atoms with Crippen LogP contribution in [0.4, 0.5) is 0 Å². The minimum atomic E-state index is 1.01. The van der Waals surface area contributed by atoms with E-state index in [4.69, 9.17) is 0 Å². The molecule has 0 N–H and O–H groups in total. The fourth-order valence-corrected chi connectivity index (χ4v) is 1.66. The van der Waals surface area contributed by atoms with Crippen LogP contribution in [0.25, 0.3) is 0 Å². The first-order valence-corrected chi connectivity index (χ1v) is 4.06. The quantitative estimate of drug-likeness (QED) is 0.515. The van der Waals surface area contributed by atoms with E-state index in [1.165, 1.54) is 0 Å². The summed E-state index contributed by atoms with van der Waals surface area (Å²) in [6.45, 7) is 0. The highest BCUT2D eigenvalue weighted by Gasteiger charge is 2.12. The SMILES string of the molecule is C1=CN=C2SCC=C2N=C1. The normalized spacial score (nSPS) is 21.6. The van der Waals surface area contributed by atoms with Gasteiger partial charge in [0.1, 0.15) is 5.04 Å². The molecular formula is C7H6N2S. The molecule has 0 spiro atoms. The third-order valence-corrected chi connectivity index (χ3v) is 2.21. The lowest BCUT2D eigenvalue weighted by atomic mass is 10.4. The number of aliphatic imine (C=N–C) groups is 2. The van der Waals surface area contributed by atoms with E-state index in [0.717, 1.165) is 16.5 Å². The number of hydrogen-bond donors (Lipinski definition) is 0. The van der Waals surface area contributed by atoms with Crippen molar-refractivity contribution >= 4 is 23.0 Å².